The second-order valence-corrected chi connectivity index (χ2v) is 7.15. The van der Waals surface area contributed by atoms with E-state index in [2.05, 4.69) is 18.0 Å². The number of benzene rings is 2. The van der Waals surface area contributed by atoms with Gasteiger partial charge in [-0.1, -0.05) is 66.8 Å². The molecule has 1 aliphatic heterocycles. The molecule has 0 atom stereocenters. The number of thiazole rings is 1. The van der Waals surface area contributed by atoms with Crippen molar-refractivity contribution < 1.29 is 5.11 Å². The number of aryl methyl sites for hydroxylation is 1. The molecule has 0 aliphatic carbocycles. The molecule has 1 aliphatic rings. The molecule has 26 heavy (non-hydrogen) atoms. The zero-order chi connectivity index (χ0) is 18.1. The van der Waals surface area contributed by atoms with Crippen molar-refractivity contribution in [2.24, 2.45) is 4.99 Å². The van der Waals surface area contributed by atoms with Crippen molar-refractivity contribution in [2.75, 3.05) is 0 Å². The van der Waals surface area contributed by atoms with Crippen LogP contribution < -0.4 is 4.87 Å². The van der Waals surface area contributed by atoms with E-state index in [0.29, 0.717) is 11.4 Å². The molecule has 0 saturated heterocycles. The Morgan fingerprint density at radius 3 is 2.73 bits per heavy atom. The van der Waals surface area contributed by atoms with Gasteiger partial charge in [0.25, 0.3) is 0 Å². The van der Waals surface area contributed by atoms with E-state index in [1.807, 2.05) is 48.5 Å². The number of aromatic hydroxyl groups is 1. The second-order valence-electron chi connectivity index (χ2n) is 6.15. The van der Waals surface area contributed by atoms with E-state index in [9.17, 15) is 9.90 Å². The first-order chi connectivity index (χ1) is 12.7. The molecule has 5 heteroatoms. The van der Waals surface area contributed by atoms with Crippen LogP contribution in [0, 0.1) is 0 Å². The van der Waals surface area contributed by atoms with Gasteiger partial charge in [0.1, 0.15) is 0 Å². The first-order valence-corrected chi connectivity index (χ1v) is 9.33. The summed E-state index contributed by atoms with van der Waals surface area (Å²) in [6.45, 7) is 2.46. The van der Waals surface area contributed by atoms with Crippen molar-refractivity contribution in [3.05, 3.63) is 79.8 Å². The fourth-order valence-corrected chi connectivity index (χ4v) is 3.97. The van der Waals surface area contributed by atoms with Crippen molar-refractivity contribution >= 4 is 34.9 Å². The quantitative estimate of drug-likeness (QED) is 0.744. The summed E-state index contributed by atoms with van der Waals surface area (Å²) in [5.41, 5.74) is 5.11. The van der Waals surface area contributed by atoms with Gasteiger partial charge >= 0.3 is 4.87 Å². The van der Waals surface area contributed by atoms with Crippen molar-refractivity contribution in [2.45, 2.75) is 19.9 Å². The zero-order valence-corrected chi connectivity index (χ0v) is 15.2. The van der Waals surface area contributed by atoms with Crippen LogP contribution in [-0.4, -0.2) is 15.9 Å². The number of rotatable bonds is 4. The van der Waals surface area contributed by atoms with Crippen LogP contribution in [0.25, 0.3) is 11.6 Å². The molecular formula is C21H18N2O2S. The molecule has 2 aromatic carbocycles. The predicted molar refractivity (Wildman–Crippen MR) is 108 cm³/mol. The summed E-state index contributed by atoms with van der Waals surface area (Å²) < 4.78 is 1.40. The van der Waals surface area contributed by atoms with Crippen LogP contribution in [-0.2, 0) is 13.0 Å². The molecule has 0 spiro atoms. The average Bonchev–Trinajstić information content (AvgIpc) is 3.19. The summed E-state index contributed by atoms with van der Waals surface area (Å²) in [5, 5.41) is 10.6. The highest BCUT2D eigenvalue weighted by atomic mass is 32.1. The molecule has 3 aromatic rings. The minimum absolute atomic E-state index is 0.00449. The predicted octanol–water partition coefficient (Wildman–Crippen LogP) is 4.48. The Balaban J connectivity index is 1.72. The normalized spacial score (nSPS) is 14.1. The van der Waals surface area contributed by atoms with Crippen LogP contribution in [0.3, 0.4) is 0 Å². The van der Waals surface area contributed by atoms with Gasteiger partial charge in [-0.15, -0.1) is 0 Å². The molecule has 0 fully saturated rings. The molecule has 0 bridgehead atoms. The van der Waals surface area contributed by atoms with Gasteiger partial charge in [-0.3, -0.25) is 14.4 Å². The van der Waals surface area contributed by atoms with E-state index >= 15 is 0 Å². The number of aromatic nitrogens is 1. The molecule has 0 amide bonds. The lowest BCUT2D eigenvalue weighted by atomic mass is 10.0. The van der Waals surface area contributed by atoms with Crippen molar-refractivity contribution in [1.82, 2.24) is 4.57 Å². The smallest absolute Gasteiger partial charge is 0.310 e. The first-order valence-electron chi connectivity index (χ1n) is 8.52. The molecule has 1 N–H and O–H groups in total. The van der Waals surface area contributed by atoms with E-state index in [4.69, 9.17) is 0 Å². The summed E-state index contributed by atoms with van der Waals surface area (Å²) in [6, 6.07) is 15.8. The fraction of sp³-hybridized carbons (Fsp3) is 0.143. The number of allylic oxidation sites excluding steroid dienone is 1. The van der Waals surface area contributed by atoms with Crippen LogP contribution in [0.1, 0.15) is 28.5 Å². The number of aliphatic imine (C=N–C) groups is 1. The third-order valence-electron chi connectivity index (χ3n) is 4.51. The van der Waals surface area contributed by atoms with Gasteiger partial charge in [0.2, 0.25) is 5.88 Å². The molecule has 130 valence electrons. The van der Waals surface area contributed by atoms with Crippen LogP contribution >= 0.6 is 11.3 Å². The van der Waals surface area contributed by atoms with Gasteiger partial charge in [0.05, 0.1) is 17.1 Å². The topological polar surface area (TPSA) is 54.6 Å². The van der Waals surface area contributed by atoms with Gasteiger partial charge in [0.15, 0.2) is 0 Å². The minimum atomic E-state index is -0.171. The Bertz CT molecular complexity index is 1080. The van der Waals surface area contributed by atoms with Crippen molar-refractivity contribution in [1.29, 1.82) is 0 Å². The Morgan fingerprint density at radius 1 is 1.15 bits per heavy atom. The van der Waals surface area contributed by atoms with Gasteiger partial charge in [0, 0.05) is 17.4 Å². The van der Waals surface area contributed by atoms with Crippen LogP contribution in [0.5, 0.6) is 5.88 Å². The lowest BCUT2D eigenvalue weighted by Gasteiger charge is -2.05. The molecular weight excluding hydrogens is 344 g/mol. The number of para-hydroxylation sites is 1. The summed E-state index contributed by atoms with van der Waals surface area (Å²) in [4.78, 5) is 17.2. The fourth-order valence-electron chi connectivity index (χ4n) is 3.14. The minimum Gasteiger partial charge on any atom is -0.493 e. The van der Waals surface area contributed by atoms with Gasteiger partial charge < -0.3 is 5.11 Å². The Labute approximate surface area is 155 Å². The zero-order valence-electron chi connectivity index (χ0n) is 14.3. The Hall–Kier alpha value is -2.92. The highest BCUT2D eigenvalue weighted by Crippen LogP contribution is 2.37. The molecule has 2 heterocycles. The first kappa shape index (κ1) is 16.5. The maximum Gasteiger partial charge on any atom is 0.310 e. The molecule has 0 radical (unpaired) electrons. The lowest BCUT2D eigenvalue weighted by molar-refractivity contribution is 0.420. The third kappa shape index (κ3) is 2.91. The summed E-state index contributed by atoms with van der Waals surface area (Å²) in [6.07, 6.45) is 4.56. The maximum atomic E-state index is 12.3. The SMILES string of the molecule is CCc1cccc2c1N=CC2=Cc1sc(=O)n(Cc2ccccc2)c1O. The second kappa shape index (κ2) is 6.77. The molecule has 4 rings (SSSR count). The number of hydrogen-bond acceptors (Lipinski definition) is 4. The Kier molecular flexibility index (Phi) is 4.31. The van der Waals surface area contributed by atoms with Gasteiger partial charge in [-0.25, -0.2) is 0 Å². The van der Waals surface area contributed by atoms with Crippen LogP contribution in [0.15, 0.2) is 58.3 Å². The number of fused-ring (bicyclic) bond motifs is 1. The van der Waals surface area contributed by atoms with E-state index in [1.165, 1.54) is 10.1 Å². The van der Waals surface area contributed by atoms with Crippen LogP contribution in [0.4, 0.5) is 5.69 Å². The largest absolute Gasteiger partial charge is 0.493 e. The number of nitrogens with zero attached hydrogens (tertiary/aromatic N) is 2. The third-order valence-corrected chi connectivity index (χ3v) is 5.42. The Morgan fingerprint density at radius 2 is 1.96 bits per heavy atom. The highest BCUT2D eigenvalue weighted by Gasteiger charge is 2.18. The average molecular weight is 362 g/mol. The van der Waals surface area contributed by atoms with E-state index in [0.717, 1.165) is 40.1 Å². The highest BCUT2D eigenvalue weighted by molar-refractivity contribution is 7.10. The standard InChI is InChI=1S/C21H18N2O2S/c1-2-15-9-6-10-17-16(12-22-19(15)17)11-18-20(24)23(21(25)26-18)13-14-7-4-3-5-8-14/h3-12,24H,2,13H2,1H3. The molecule has 0 saturated carbocycles. The monoisotopic (exact) mass is 362 g/mol. The number of hydrogen-bond donors (Lipinski definition) is 1. The van der Waals surface area contributed by atoms with Crippen LogP contribution in [0.2, 0.25) is 0 Å². The van der Waals surface area contributed by atoms with Gasteiger partial charge in [-0.05, 0) is 23.6 Å². The van der Waals surface area contributed by atoms with Crippen molar-refractivity contribution in [3.63, 3.8) is 0 Å². The summed E-state index contributed by atoms with van der Waals surface area (Å²) in [5.74, 6) is 0.00449. The summed E-state index contributed by atoms with van der Waals surface area (Å²) >= 11 is 1.05. The van der Waals surface area contributed by atoms with E-state index < -0.39 is 0 Å². The molecule has 1 aromatic heterocycles. The van der Waals surface area contributed by atoms with E-state index in [-0.39, 0.29) is 10.8 Å². The van der Waals surface area contributed by atoms with E-state index in [1.54, 1.807) is 6.21 Å². The molecule has 4 nitrogen and oxygen atoms in total. The summed E-state index contributed by atoms with van der Waals surface area (Å²) in [7, 11) is 0. The molecule has 0 unspecified atom stereocenters. The maximum absolute atomic E-state index is 12.3. The lowest BCUT2D eigenvalue weighted by Crippen LogP contribution is -2.13. The van der Waals surface area contributed by atoms with Crippen molar-refractivity contribution in [3.8, 4) is 5.88 Å². The van der Waals surface area contributed by atoms with Gasteiger partial charge in [-0.2, -0.15) is 0 Å².